The maximum Gasteiger partial charge on any atom is 0.342 e. The number of nitrogens with zero attached hydrogens (tertiary/aromatic N) is 2. The molecular weight excluding hydrogens is 342 g/mol. The van der Waals surface area contributed by atoms with Crippen molar-refractivity contribution in [2.75, 3.05) is 0 Å². The van der Waals surface area contributed by atoms with Crippen LogP contribution in [0.2, 0.25) is 5.02 Å². The summed E-state index contributed by atoms with van der Waals surface area (Å²) in [4.78, 5) is 18.2. The number of benzene rings is 1. The minimum Gasteiger partial charge on any atom is -0.477 e. The van der Waals surface area contributed by atoms with Crippen LogP contribution in [-0.2, 0) is 0 Å². The van der Waals surface area contributed by atoms with Crippen LogP contribution < -0.4 is 4.74 Å². The van der Waals surface area contributed by atoms with Gasteiger partial charge in [0.1, 0.15) is 23.5 Å². The molecule has 0 radical (unpaired) electrons. The van der Waals surface area contributed by atoms with Crippen molar-refractivity contribution in [3.8, 4) is 11.6 Å². The second-order valence-electron chi connectivity index (χ2n) is 3.35. The number of aromatic nitrogens is 2. The van der Waals surface area contributed by atoms with Gasteiger partial charge in [0, 0.05) is 12.3 Å². The number of carboxylic acids is 1. The molecule has 1 N–H and O–H groups in total. The molecule has 0 atom stereocenters. The Bertz CT molecular complexity index is 654. The van der Waals surface area contributed by atoms with E-state index in [9.17, 15) is 9.18 Å². The molecule has 0 saturated carbocycles. The van der Waals surface area contributed by atoms with E-state index < -0.39 is 11.8 Å². The Morgan fingerprint density at radius 1 is 1.47 bits per heavy atom. The van der Waals surface area contributed by atoms with E-state index in [0.29, 0.717) is 4.47 Å². The second-order valence-corrected chi connectivity index (χ2v) is 4.61. The summed E-state index contributed by atoms with van der Waals surface area (Å²) in [5.41, 5.74) is -0.232. The molecule has 0 aliphatic heterocycles. The van der Waals surface area contributed by atoms with Gasteiger partial charge in [0.25, 0.3) is 0 Å². The third kappa shape index (κ3) is 2.99. The highest BCUT2D eigenvalue weighted by molar-refractivity contribution is 9.10. The van der Waals surface area contributed by atoms with Crippen LogP contribution in [0.3, 0.4) is 0 Å². The Labute approximate surface area is 120 Å². The van der Waals surface area contributed by atoms with Gasteiger partial charge < -0.3 is 9.84 Å². The SMILES string of the molecule is O=C(O)c1cncnc1Oc1cc(F)c(Cl)cc1Br. The maximum atomic E-state index is 13.3. The highest BCUT2D eigenvalue weighted by Gasteiger charge is 2.16. The van der Waals surface area contributed by atoms with Crippen LogP contribution in [0.15, 0.2) is 29.1 Å². The van der Waals surface area contributed by atoms with Crippen molar-refractivity contribution in [2.24, 2.45) is 0 Å². The normalized spacial score (nSPS) is 10.3. The van der Waals surface area contributed by atoms with Gasteiger partial charge >= 0.3 is 5.97 Å². The third-order valence-corrected chi connectivity index (χ3v) is 3.00. The molecule has 2 aromatic rings. The predicted octanol–water partition coefficient (Wildman–Crippen LogP) is 3.52. The van der Waals surface area contributed by atoms with Crippen molar-refractivity contribution in [1.29, 1.82) is 0 Å². The van der Waals surface area contributed by atoms with E-state index in [2.05, 4.69) is 25.9 Å². The van der Waals surface area contributed by atoms with Crippen molar-refractivity contribution in [3.05, 3.63) is 45.5 Å². The highest BCUT2D eigenvalue weighted by Crippen LogP contribution is 2.33. The zero-order valence-electron chi connectivity index (χ0n) is 9.10. The van der Waals surface area contributed by atoms with Gasteiger partial charge in [-0.1, -0.05) is 11.6 Å². The molecular formula is C11H5BrClFN2O3. The fourth-order valence-corrected chi connectivity index (χ4v) is 1.95. The standard InChI is InChI=1S/C11H5BrClFN2O3/c12-6-1-7(13)8(14)2-9(6)19-10-5(11(17)18)3-15-4-16-10/h1-4H,(H,17,18). The monoisotopic (exact) mass is 346 g/mol. The van der Waals surface area contributed by atoms with Crippen molar-refractivity contribution in [1.82, 2.24) is 9.97 Å². The summed E-state index contributed by atoms with van der Waals surface area (Å²) in [6, 6.07) is 2.33. The van der Waals surface area contributed by atoms with E-state index in [0.717, 1.165) is 18.6 Å². The second kappa shape index (κ2) is 5.50. The number of halogens is 3. The Balaban J connectivity index is 2.42. The Morgan fingerprint density at radius 3 is 2.89 bits per heavy atom. The van der Waals surface area contributed by atoms with Crippen molar-refractivity contribution in [2.45, 2.75) is 0 Å². The quantitative estimate of drug-likeness (QED) is 0.860. The summed E-state index contributed by atoms with van der Waals surface area (Å²) in [6.45, 7) is 0. The molecule has 0 bridgehead atoms. The molecule has 1 aromatic heterocycles. The lowest BCUT2D eigenvalue weighted by atomic mass is 10.3. The van der Waals surface area contributed by atoms with Crippen molar-refractivity contribution >= 4 is 33.5 Å². The van der Waals surface area contributed by atoms with Crippen LogP contribution in [0.4, 0.5) is 4.39 Å². The summed E-state index contributed by atoms with van der Waals surface area (Å²) in [5.74, 6) is -2.07. The number of ether oxygens (including phenoxy) is 1. The van der Waals surface area contributed by atoms with Gasteiger partial charge in [-0.05, 0) is 22.0 Å². The summed E-state index contributed by atoms with van der Waals surface area (Å²) in [5, 5.41) is 8.86. The van der Waals surface area contributed by atoms with Crippen LogP contribution >= 0.6 is 27.5 Å². The van der Waals surface area contributed by atoms with Crippen LogP contribution in [0, 0.1) is 5.82 Å². The number of carbonyl (C=O) groups is 1. The molecule has 1 aromatic carbocycles. The number of carboxylic acid groups (broad SMARTS) is 1. The lowest BCUT2D eigenvalue weighted by molar-refractivity contribution is 0.0693. The first-order valence-electron chi connectivity index (χ1n) is 4.84. The largest absolute Gasteiger partial charge is 0.477 e. The molecule has 0 aliphatic rings. The van der Waals surface area contributed by atoms with E-state index in [-0.39, 0.29) is 22.2 Å². The molecule has 0 amide bonds. The summed E-state index contributed by atoms with van der Waals surface area (Å²) in [7, 11) is 0. The van der Waals surface area contributed by atoms with E-state index in [4.69, 9.17) is 21.4 Å². The lowest BCUT2D eigenvalue weighted by Crippen LogP contribution is -2.03. The van der Waals surface area contributed by atoms with Gasteiger partial charge in [-0.3, -0.25) is 0 Å². The van der Waals surface area contributed by atoms with Gasteiger partial charge in [-0.15, -0.1) is 0 Å². The minimum absolute atomic E-state index is 0.0584. The lowest BCUT2D eigenvalue weighted by Gasteiger charge is -2.09. The zero-order chi connectivity index (χ0) is 14.0. The fourth-order valence-electron chi connectivity index (χ4n) is 1.23. The Kier molecular flexibility index (Phi) is 3.96. The number of hydrogen-bond acceptors (Lipinski definition) is 4. The molecule has 98 valence electrons. The van der Waals surface area contributed by atoms with E-state index in [1.54, 1.807) is 0 Å². The maximum absolute atomic E-state index is 13.3. The smallest absolute Gasteiger partial charge is 0.342 e. The number of aromatic carboxylic acids is 1. The van der Waals surface area contributed by atoms with Gasteiger partial charge in [-0.25, -0.2) is 19.2 Å². The summed E-state index contributed by atoms with van der Waals surface area (Å²) < 4.78 is 19.0. The molecule has 1 heterocycles. The summed E-state index contributed by atoms with van der Waals surface area (Å²) >= 11 is 8.72. The minimum atomic E-state index is -1.25. The highest BCUT2D eigenvalue weighted by atomic mass is 79.9. The van der Waals surface area contributed by atoms with Crippen LogP contribution in [-0.4, -0.2) is 21.0 Å². The van der Waals surface area contributed by atoms with E-state index in [1.165, 1.54) is 6.07 Å². The van der Waals surface area contributed by atoms with Crippen molar-refractivity contribution < 1.29 is 19.0 Å². The molecule has 0 saturated heterocycles. The molecule has 0 unspecified atom stereocenters. The zero-order valence-corrected chi connectivity index (χ0v) is 11.4. The van der Waals surface area contributed by atoms with Gasteiger partial charge in [-0.2, -0.15) is 0 Å². The average Bonchev–Trinajstić information content (AvgIpc) is 2.36. The number of hydrogen-bond donors (Lipinski definition) is 1. The molecule has 2 rings (SSSR count). The Hall–Kier alpha value is -1.73. The molecule has 0 spiro atoms. The third-order valence-electron chi connectivity index (χ3n) is 2.09. The molecule has 8 heteroatoms. The molecule has 0 aliphatic carbocycles. The van der Waals surface area contributed by atoms with Gasteiger partial charge in [0.15, 0.2) is 0 Å². The van der Waals surface area contributed by atoms with Crippen molar-refractivity contribution in [3.63, 3.8) is 0 Å². The molecule has 5 nitrogen and oxygen atoms in total. The fraction of sp³-hybridized carbons (Fsp3) is 0. The van der Waals surface area contributed by atoms with Gasteiger partial charge in [0.2, 0.25) is 5.88 Å². The predicted molar refractivity (Wildman–Crippen MR) is 68.2 cm³/mol. The van der Waals surface area contributed by atoms with Crippen LogP contribution in [0.25, 0.3) is 0 Å². The Morgan fingerprint density at radius 2 is 2.21 bits per heavy atom. The first-order valence-corrected chi connectivity index (χ1v) is 6.02. The van der Waals surface area contributed by atoms with Crippen LogP contribution in [0.1, 0.15) is 10.4 Å². The summed E-state index contributed by atoms with van der Waals surface area (Å²) in [6.07, 6.45) is 2.22. The van der Waals surface area contributed by atoms with E-state index in [1.807, 2.05) is 0 Å². The molecule has 19 heavy (non-hydrogen) atoms. The average molecular weight is 348 g/mol. The first-order chi connectivity index (χ1) is 8.99. The van der Waals surface area contributed by atoms with Gasteiger partial charge in [0.05, 0.1) is 9.50 Å². The molecule has 0 fully saturated rings. The topological polar surface area (TPSA) is 72.3 Å². The number of rotatable bonds is 3. The van der Waals surface area contributed by atoms with E-state index >= 15 is 0 Å². The van der Waals surface area contributed by atoms with Crippen LogP contribution in [0.5, 0.6) is 11.6 Å². The first kappa shape index (κ1) is 13.7.